The Morgan fingerprint density at radius 2 is 1.19 bits per heavy atom. The van der Waals surface area contributed by atoms with Gasteiger partial charge >= 0.3 is 12.1 Å². The molecule has 0 spiro atoms. The van der Waals surface area contributed by atoms with Gasteiger partial charge in [0, 0.05) is 22.4 Å². The third-order valence-corrected chi connectivity index (χ3v) is 11.2. The van der Waals surface area contributed by atoms with Crippen LogP contribution in [0.15, 0.2) is 121 Å². The van der Waals surface area contributed by atoms with Gasteiger partial charge in [-0.15, -0.1) is 0 Å². The quantitative estimate of drug-likeness (QED) is 0.0932. The molecule has 64 heavy (non-hydrogen) atoms. The van der Waals surface area contributed by atoms with Gasteiger partial charge in [0.1, 0.15) is 5.60 Å². The van der Waals surface area contributed by atoms with Gasteiger partial charge in [0.15, 0.2) is 0 Å². The molecule has 14 heteroatoms. The lowest BCUT2D eigenvalue weighted by atomic mass is 9.87. The maximum Gasteiger partial charge on any atom is 0.430 e. The molecule has 0 saturated heterocycles. The molecule has 2 atom stereocenters. The standard InChI is InChI=1S/C50H55N5O7S2/c1-35(51-47(56)52-44-29-27-43(28-30-44)49(3,4)5)39-26-32-46(42(33-39)24-22-38-19-15-12-16-20-38)55(64(10,60)61)54(48(57)62-50(6,7)8)36(2)40-25-31-45(53-63(9,58)59)41(34-40)23-21-37-17-13-11-14-18-37/h11-20,25-36,53H,1-10H3,(H2,51,52,56). The van der Waals surface area contributed by atoms with Crippen molar-refractivity contribution >= 4 is 49.2 Å². The van der Waals surface area contributed by atoms with Crippen LogP contribution in [0.25, 0.3) is 0 Å². The zero-order chi connectivity index (χ0) is 47.0. The van der Waals surface area contributed by atoms with Gasteiger partial charge in [0.2, 0.25) is 20.0 Å². The van der Waals surface area contributed by atoms with Crippen LogP contribution in [-0.4, -0.2) is 52.1 Å². The molecule has 3 amide bonds. The number of benzene rings is 5. The number of hydrogen-bond donors (Lipinski definition) is 3. The predicted octanol–water partition coefficient (Wildman–Crippen LogP) is 9.72. The van der Waals surface area contributed by atoms with Gasteiger partial charge in [0.05, 0.1) is 41.5 Å². The largest absolute Gasteiger partial charge is 0.442 e. The first-order valence-corrected chi connectivity index (χ1v) is 24.2. The van der Waals surface area contributed by atoms with E-state index in [-0.39, 0.29) is 27.9 Å². The molecule has 5 aromatic carbocycles. The minimum absolute atomic E-state index is 0.0300. The van der Waals surface area contributed by atoms with Gasteiger partial charge in [-0.3, -0.25) is 4.72 Å². The van der Waals surface area contributed by atoms with Crippen molar-refractivity contribution in [2.75, 3.05) is 27.0 Å². The fourth-order valence-corrected chi connectivity index (χ4v) is 8.04. The summed E-state index contributed by atoms with van der Waals surface area (Å²) in [5.74, 6) is 12.3. The molecule has 0 aliphatic heterocycles. The van der Waals surface area contributed by atoms with Crippen LogP contribution in [0, 0.1) is 23.7 Å². The lowest BCUT2D eigenvalue weighted by molar-refractivity contribution is 0.0187. The van der Waals surface area contributed by atoms with E-state index in [4.69, 9.17) is 4.74 Å². The molecule has 0 aromatic heterocycles. The number of ether oxygens (including phenoxy) is 1. The first kappa shape index (κ1) is 48.3. The van der Waals surface area contributed by atoms with Crippen molar-refractivity contribution < 1.29 is 31.2 Å². The molecule has 0 aliphatic rings. The SMILES string of the molecule is CC(NC(=O)Nc1ccc(C(C)(C)C)cc1)c1ccc(N(N(C(=O)OC(C)(C)C)C(C)c2ccc(NS(C)(=O)=O)c(C#Cc3ccccc3)c2)S(C)(=O)=O)c(C#Cc2ccccc2)c1. The van der Waals surface area contributed by atoms with Crippen LogP contribution in [0.3, 0.4) is 0 Å². The summed E-state index contributed by atoms with van der Waals surface area (Å²) in [6, 6.07) is 33.3. The topological polar surface area (TPSA) is 154 Å². The highest BCUT2D eigenvalue weighted by molar-refractivity contribution is 7.92. The highest BCUT2D eigenvalue weighted by Crippen LogP contribution is 2.35. The van der Waals surface area contributed by atoms with E-state index in [2.05, 4.69) is 59.8 Å². The average molecular weight is 902 g/mol. The Hall–Kier alpha value is -6.74. The van der Waals surface area contributed by atoms with E-state index < -0.39 is 49.9 Å². The minimum Gasteiger partial charge on any atom is -0.442 e. The number of nitrogens with zero attached hydrogens (tertiary/aromatic N) is 2. The number of sulfonamides is 2. The smallest absolute Gasteiger partial charge is 0.430 e. The van der Waals surface area contributed by atoms with Crippen molar-refractivity contribution in [1.82, 2.24) is 10.3 Å². The summed E-state index contributed by atoms with van der Waals surface area (Å²) in [6.07, 6.45) is 1.00. The first-order chi connectivity index (χ1) is 29.9. The molecule has 5 aromatic rings. The molecule has 0 fully saturated rings. The molecule has 334 valence electrons. The highest BCUT2D eigenvalue weighted by Gasteiger charge is 2.38. The summed E-state index contributed by atoms with van der Waals surface area (Å²) in [5, 5.41) is 6.82. The van der Waals surface area contributed by atoms with Gasteiger partial charge < -0.3 is 15.4 Å². The second-order valence-electron chi connectivity index (χ2n) is 17.3. The lowest BCUT2D eigenvalue weighted by Crippen LogP contribution is -2.52. The average Bonchev–Trinajstić information content (AvgIpc) is 3.20. The Morgan fingerprint density at radius 3 is 1.70 bits per heavy atom. The molecular weight excluding hydrogens is 847 g/mol. The summed E-state index contributed by atoms with van der Waals surface area (Å²) in [6.45, 7) is 14.7. The van der Waals surface area contributed by atoms with Crippen LogP contribution < -0.4 is 19.8 Å². The molecular formula is C50H55N5O7S2. The van der Waals surface area contributed by atoms with E-state index in [0.29, 0.717) is 27.9 Å². The molecule has 5 rings (SSSR count). The normalized spacial score (nSPS) is 12.5. The molecule has 0 saturated carbocycles. The van der Waals surface area contributed by atoms with Gasteiger partial charge in [-0.05, 0) is 117 Å². The fourth-order valence-electron chi connectivity index (χ4n) is 6.42. The van der Waals surface area contributed by atoms with Crippen molar-refractivity contribution in [3.63, 3.8) is 0 Å². The van der Waals surface area contributed by atoms with Crippen LogP contribution in [0.1, 0.15) is 106 Å². The Labute approximate surface area is 378 Å². The second kappa shape index (κ2) is 19.8. The van der Waals surface area contributed by atoms with Crippen LogP contribution >= 0.6 is 0 Å². The van der Waals surface area contributed by atoms with E-state index in [0.717, 1.165) is 27.5 Å². The van der Waals surface area contributed by atoms with Gasteiger partial charge in [-0.2, -0.15) is 9.42 Å². The van der Waals surface area contributed by atoms with E-state index in [1.54, 1.807) is 71.0 Å². The maximum absolute atomic E-state index is 14.5. The monoisotopic (exact) mass is 901 g/mol. The maximum atomic E-state index is 14.5. The van der Waals surface area contributed by atoms with E-state index in [9.17, 15) is 26.4 Å². The number of carbonyl (C=O) groups is 2. The molecule has 12 nitrogen and oxygen atoms in total. The molecule has 3 N–H and O–H groups in total. The van der Waals surface area contributed by atoms with E-state index >= 15 is 0 Å². The van der Waals surface area contributed by atoms with E-state index in [1.807, 2.05) is 72.8 Å². The molecule has 0 radical (unpaired) electrons. The summed E-state index contributed by atoms with van der Waals surface area (Å²) >= 11 is 0. The van der Waals surface area contributed by atoms with Crippen LogP contribution in [0.5, 0.6) is 0 Å². The lowest BCUT2D eigenvalue weighted by Gasteiger charge is -2.39. The number of anilines is 3. The van der Waals surface area contributed by atoms with E-state index in [1.165, 1.54) is 12.1 Å². The van der Waals surface area contributed by atoms with Gasteiger partial charge in [-0.25, -0.2) is 26.4 Å². The van der Waals surface area contributed by atoms with Crippen molar-refractivity contribution in [2.45, 2.75) is 78.5 Å². The Bertz CT molecular complexity index is 2830. The molecule has 0 bridgehead atoms. The van der Waals surface area contributed by atoms with Crippen molar-refractivity contribution in [1.29, 1.82) is 0 Å². The highest BCUT2D eigenvalue weighted by atomic mass is 32.2. The fraction of sp³-hybridized carbons (Fsp3) is 0.280. The number of nitrogens with one attached hydrogen (secondary N) is 3. The number of hydrazine groups is 1. The third kappa shape index (κ3) is 13.6. The summed E-state index contributed by atoms with van der Waals surface area (Å²) in [7, 11) is -8.10. The summed E-state index contributed by atoms with van der Waals surface area (Å²) in [4.78, 5) is 27.7. The number of urea groups is 1. The van der Waals surface area contributed by atoms with Crippen LogP contribution in [-0.2, 0) is 30.2 Å². The van der Waals surface area contributed by atoms with Crippen molar-refractivity contribution in [3.05, 3.63) is 160 Å². The van der Waals surface area contributed by atoms with Crippen LogP contribution in [0.2, 0.25) is 0 Å². The number of amides is 3. The summed E-state index contributed by atoms with van der Waals surface area (Å²) in [5.41, 5.74) is 3.68. The molecule has 0 aliphatic carbocycles. The zero-order valence-electron chi connectivity index (χ0n) is 37.8. The summed E-state index contributed by atoms with van der Waals surface area (Å²) < 4.78 is 62.5. The third-order valence-electron chi connectivity index (χ3n) is 9.59. The number of hydrogen-bond acceptors (Lipinski definition) is 7. The first-order valence-electron chi connectivity index (χ1n) is 20.5. The predicted molar refractivity (Wildman–Crippen MR) is 256 cm³/mol. The number of rotatable bonds is 10. The van der Waals surface area contributed by atoms with Crippen LogP contribution in [0.4, 0.5) is 26.7 Å². The van der Waals surface area contributed by atoms with Crippen molar-refractivity contribution in [3.8, 4) is 23.7 Å². The van der Waals surface area contributed by atoms with Crippen molar-refractivity contribution in [2.24, 2.45) is 0 Å². The Balaban J connectivity index is 1.63. The number of carbonyl (C=O) groups excluding carboxylic acids is 2. The molecule has 0 heterocycles. The van der Waals surface area contributed by atoms with Gasteiger partial charge in [0.25, 0.3) is 0 Å². The Morgan fingerprint density at radius 1 is 0.656 bits per heavy atom. The molecule has 2 unspecified atom stereocenters. The minimum atomic E-state index is -4.37. The second-order valence-corrected chi connectivity index (χ2v) is 20.9. The zero-order valence-corrected chi connectivity index (χ0v) is 39.4. The Kier molecular flexibility index (Phi) is 14.9. The van der Waals surface area contributed by atoms with Gasteiger partial charge in [-0.1, -0.05) is 105 Å².